The molecule has 0 unspecified atom stereocenters. The first kappa shape index (κ1) is 13.5. The summed E-state index contributed by atoms with van der Waals surface area (Å²) in [7, 11) is 3.67. The topological polar surface area (TPSA) is 41.6 Å². The normalized spacial score (nSPS) is 17.7. The highest BCUT2D eigenvalue weighted by molar-refractivity contribution is 5.75. The number of amides is 1. The van der Waals surface area contributed by atoms with Crippen LogP contribution in [0.1, 0.15) is 38.5 Å². The molecule has 1 aliphatic heterocycles. The zero-order valence-electron chi connectivity index (χ0n) is 10.5. The van der Waals surface area contributed by atoms with Gasteiger partial charge in [-0.2, -0.15) is 0 Å². The lowest BCUT2D eigenvalue weighted by Crippen LogP contribution is -2.35. The van der Waals surface area contributed by atoms with E-state index in [1.54, 1.807) is 5.01 Å². The molecule has 0 atom stereocenters. The number of hydrogen-bond donors (Lipinski definition) is 1. The molecular formula is C12H24N2O2. The maximum Gasteiger partial charge on any atom is 0.234 e. The number of hydrazine groups is 1. The minimum atomic E-state index is 0.122. The Balaban J connectivity index is 1.96. The highest BCUT2D eigenvalue weighted by Gasteiger charge is 2.13. The molecule has 1 N–H and O–H groups in total. The molecule has 1 fully saturated rings. The number of rotatable bonds is 6. The van der Waals surface area contributed by atoms with Crippen LogP contribution in [0.4, 0.5) is 0 Å². The van der Waals surface area contributed by atoms with E-state index in [1.165, 1.54) is 19.3 Å². The van der Waals surface area contributed by atoms with E-state index in [9.17, 15) is 4.79 Å². The van der Waals surface area contributed by atoms with Crippen molar-refractivity contribution in [3.05, 3.63) is 0 Å². The van der Waals surface area contributed by atoms with Crippen molar-refractivity contribution in [1.29, 1.82) is 0 Å². The maximum absolute atomic E-state index is 11.3. The smallest absolute Gasteiger partial charge is 0.234 e. The van der Waals surface area contributed by atoms with Crippen LogP contribution in [0.15, 0.2) is 0 Å². The molecule has 1 amide bonds. The molecule has 1 saturated heterocycles. The van der Waals surface area contributed by atoms with E-state index in [-0.39, 0.29) is 5.91 Å². The molecular weight excluding hydrogens is 204 g/mol. The molecule has 1 aliphatic rings. The monoisotopic (exact) mass is 228 g/mol. The summed E-state index contributed by atoms with van der Waals surface area (Å²) in [5, 5.41) is 1.70. The van der Waals surface area contributed by atoms with Gasteiger partial charge in [-0.1, -0.05) is 12.8 Å². The summed E-state index contributed by atoms with van der Waals surface area (Å²) in [5.41, 5.74) is 2.76. The largest absolute Gasteiger partial charge is 0.381 e. The Bertz CT molecular complexity index is 201. The van der Waals surface area contributed by atoms with Crippen molar-refractivity contribution in [3.8, 4) is 0 Å². The fraction of sp³-hybridized carbons (Fsp3) is 0.917. The van der Waals surface area contributed by atoms with Gasteiger partial charge in [-0.15, -0.1) is 0 Å². The first-order chi connectivity index (χ1) is 7.68. The van der Waals surface area contributed by atoms with Crippen molar-refractivity contribution in [2.45, 2.75) is 38.5 Å². The number of carbonyl (C=O) groups excluding carboxylic acids is 1. The lowest BCUT2D eigenvalue weighted by Gasteiger charge is -2.21. The summed E-state index contributed by atoms with van der Waals surface area (Å²) >= 11 is 0. The Morgan fingerprint density at radius 3 is 2.62 bits per heavy atom. The van der Waals surface area contributed by atoms with Crippen LogP contribution in [0.5, 0.6) is 0 Å². The highest BCUT2D eigenvalue weighted by atomic mass is 16.5. The van der Waals surface area contributed by atoms with E-state index < -0.39 is 0 Å². The van der Waals surface area contributed by atoms with Gasteiger partial charge in [-0.25, -0.2) is 5.01 Å². The van der Waals surface area contributed by atoms with Gasteiger partial charge in [0.1, 0.15) is 0 Å². The summed E-state index contributed by atoms with van der Waals surface area (Å²) in [6.45, 7) is 1.84. The fourth-order valence-electron chi connectivity index (χ4n) is 2.06. The quantitative estimate of drug-likeness (QED) is 0.554. The van der Waals surface area contributed by atoms with Gasteiger partial charge in [-0.3, -0.25) is 10.2 Å². The second-order valence-corrected chi connectivity index (χ2v) is 4.73. The molecule has 0 aromatic heterocycles. The van der Waals surface area contributed by atoms with Crippen LogP contribution < -0.4 is 5.43 Å². The SMILES string of the molecule is CN(C)NC(=O)CCCCC1CCOCC1. The van der Waals surface area contributed by atoms with Crippen molar-refractivity contribution in [3.63, 3.8) is 0 Å². The third-order valence-electron chi connectivity index (χ3n) is 2.96. The Labute approximate surface area is 98.3 Å². The molecule has 0 aromatic carbocycles. The standard InChI is InChI=1S/C12H24N2O2/c1-14(2)13-12(15)6-4-3-5-11-7-9-16-10-8-11/h11H,3-10H2,1-2H3,(H,13,15). The van der Waals surface area contributed by atoms with Gasteiger partial charge in [0.05, 0.1) is 0 Å². The minimum absolute atomic E-state index is 0.122. The number of unbranched alkanes of at least 4 members (excludes halogenated alkanes) is 1. The average molecular weight is 228 g/mol. The van der Waals surface area contributed by atoms with Crippen molar-refractivity contribution in [2.24, 2.45) is 5.92 Å². The Morgan fingerprint density at radius 2 is 2.00 bits per heavy atom. The lowest BCUT2D eigenvalue weighted by molar-refractivity contribution is -0.124. The van der Waals surface area contributed by atoms with Crippen LogP contribution in [0, 0.1) is 5.92 Å². The van der Waals surface area contributed by atoms with Gasteiger partial charge in [0.15, 0.2) is 0 Å². The number of hydrogen-bond acceptors (Lipinski definition) is 3. The highest BCUT2D eigenvalue weighted by Crippen LogP contribution is 2.21. The molecule has 0 radical (unpaired) electrons. The zero-order valence-corrected chi connectivity index (χ0v) is 10.5. The Morgan fingerprint density at radius 1 is 1.31 bits per heavy atom. The molecule has 0 spiro atoms. The summed E-state index contributed by atoms with van der Waals surface area (Å²) < 4.78 is 5.32. The van der Waals surface area contributed by atoms with Gasteiger partial charge in [0, 0.05) is 33.7 Å². The van der Waals surface area contributed by atoms with Gasteiger partial charge < -0.3 is 4.74 Å². The van der Waals surface area contributed by atoms with Crippen molar-refractivity contribution < 1.29 is 9.53 Å². The second-order valence-electron chi connectivity index (χ2n) is 4.73. The van der Waals surface area contributed by atoms with E-state index in [0.717, 1.165) is 32.0 Å². The van der Waals surface area contributed by atoms with E-state index in [2.05, 4.69) is 5.43 Å². The maximum atomic E-state index is 11.3. The second kappa shape index (κ2) is 7.63. The third-order valence-corrected chi connectivity index (χ3v) is 2.96. The van der Waals surface area contributed by atoms with E-state index >= 15 is 0 Å². The molecule has 16 heavy (non-hydrogen) atoms. The lowest BCUT2D eigenvalue weighted by atomic mass is 9.94. The zero-order chi connectivity index (χ0) is 11.8. The summed E-state index contributed by atoms with van der Waals surface area (Å²) in [6.07, 6.45) is 6.44. The Kier molecular flexibility index (Phi) is 6.42. The summed E-state index contributed by atoms with van der Waals surface area (Å²) in [5.74, 6) is 0.947. The first-order valence-corrected chi connectivity index (χ1v) is 6.23. The molecule has 4 heteroatoms. The number of ether oxygens (including phenoxy) is 1. The van der Waals surface area contributed by atoms with Crippen LogP contribution in [-0.4, -0.2) is 38.2 Å². The van der Waals surface area contributed by atoms with E-state index in [4.69, 9.17) is 4.74 Å². The van der Waals surface area contributed by atoms with Gasteiger partial charge in [0.25, 0.3) is 0 Å². The third kappa shape index (κ3) is 6.08. The molecule has 1 rings (SSSR count). The number of carbonyl (C=O) groups is 1. The van der Waals surface area contributed by atoms with Gasteiger partial charge >= 0.3 is 0 Å². The fourth-order valence-corrected chi connectivity index (χ4v) is 2.06. The molecule has 4 nitrogen and oxygen atoms in total. The van der Waals surface area contributed by atoms with E-state index in [1.807, 2.05) is 14.1 Å². The number of nitrogens with one attached hydrogen (secondary N) is 1. The minimum Gasteiger partial charge on any atom is -0.381 e. The molecule has 0 aliphatic carbocycles. The van der Waals surface area contributed by atoms with Crippen molar-refractivity contribution in [1.82, 2.24) is 10.4 Å². The average Bonchev–Trinajstić information content (AvgIpc) is 2.25. The van der Waals surface area contributed by atoms with Crippen LogP contribution >= 0.6 is 0 Å². The van der Waals surface area contributed by atoms with E-state index in [0.29, 0.717) is 6.42 Å². The van der Waals surface area contributed by atoms with Gasteiger partial charge in [0.2, 0.25) is 5.91 Å². The predicted octanol–water partition coefficient (Wildman–Crippen LogP) is 1.57. The molecule has 94 valence electrons. The van der Waals surface area contributed by atoms with Crippen molar-refractivity contribution in [2.75, 3.05) is 27.3 Å². The van der Waals surface area contributed by atoms with Crippen LogP contribution in [-0.2, 0) is 9.53 Å². The summed E-state index contributed by atoms with van der Waals surface area (Å²) in [6, 6.07) is 0. The van der Waals surface area contributed by atoms with Crippen LogP contribution in [0.2, 0.25) is 0 Å². The first-order valence-electron chi connectivity index (χ1n) is 6.23. The summed E-state index contributed by atoms with van der Waals surface area (Å²) in [4.78, 5) is 11.3. The Hall–Kier alpha value is -0.610. The van der Waals surface area contributed by atoms with Crippen molar-refractivity contribution >= 4 is 5.91 Å². The van der Waals surface area contributed by atoms with Gasteiger partial charge in [-0.05, 0) is 25.2 Å². The van der Waals surface area contributed by atoms with Crippen LogP contribution in [0.3, 0.4) is 0 Å². The van der Waals surface area contributed by atoms with Crippen LogP contribution in [0.25, 0.3) is 0 Å². The molecule has 0 saturated carbocycles. The molecule has 0 bridgehead atoms. The molecule has 0 aromatic rings. The molecule has 1 heterocycles. The number of nitrogens with zero attached hydrogens (tertiary/aromatic N) is 1. The predicted molar refractivity (Wildman–Crippen MR) is 63.8 cm³/mol.